The second kappa shape index (κ2) is 2.87. The van der Waals surface area contributed by atoms with Crippen molar-refractivity contribution in [3.05, 3.63) is 12.3 Å². The molecule has 0 aliphatic heterocycles. The molecule has 0 aliphatic carbocycles. The van der Waals surface area contributed by atoms with Gasteiger partial charge in [0.2, 0.25) is 0 Å². The van der Waals surface area contributed by atoms with E-state index in [0.29, 0.717) is 0 Å². The average Bonchev–Trinajstić information content (AvgIpc) is 1.65. The van der Waals surface area contributed by atoms with Gasteiger partial charge in [-0.3, -0.25) is 0 Å². The summed E-state index contributed by atoms with van der Waals surface area (Å²) in [6, 6.07) is 0. The Kier molecular flexibility index (Phi) is 2.71. The summed E-state index contributed by atoms with van der Waals surface area (Å²) in [5, 5.41) is 12.0. The Hall–Kier alpha value is -0.500. The molecule has 0 amide bonds. The maximum atomic E-state index is 8.95. The van der Waals surface area contributed by atoms with Gasteiger partial charge in [-0.15, -0.1) is 0 Å². The van der Waals surface area contributed by atoms with Crippen LogP contribution in [-0.2, 0) is 0 Å². The summed E-state index contributed by atoms with van der Waals surface area (Å²) in [6.45, 7) is 10.0. The van der Waals surface area contributed by atoms with E-state index in [1.165, 1.54) is 0 Å². The van der Waals surface area contributed by atoms with Crippen LogP contribution in [0.2, 0.25) is 0 Å². The van der Waals surface area contributed by atoms with Crippen LogP contribution in [0.3, 0.4) is 0 Å². The summed E-state index contributed by atoms with van der Waals surface area (Å²) in [4.78, 5) is 0. The van der Waals surface area contributed by atoms with E-state index in [-0.39, 0.29) is 11.3 Å². The Morgan fingerprint density at radius 1 is 1.67 bits per heavy atom. The molecule has 0 aromatic rings. The minimum absolute atomic E-state index is 0.185. The SMILES string of the molecule is C=C(O)C(C)(C)NCC. The molecule has 2 N–H and O–H groups in total. The maximum absolute atomic E-state index is 8.95. The minimum atomic E-state index is -0.339. The van der Waals surface area contributed by atoms with Crippen LogP contribution in [0.5, 0.6) is 0 Å². The number of nitrogens with one attached hydrogen (secondary N) is 1. The molecule has 9 heavy (non-hydrogen) atoms. The molecule has 0 spiro atoms. The summed E-state index contributed by atoms with van der Waals surface area (Å²) in [7, 11) is 0. The predicted octanol–water partition coefficient (Wildman–Crippen LogP) is 1.45. The molecular formula is C7H15NO. The van der Waals surface area contributed by atoms with Gasteiger partial charge >= 0.3 is 0 Å². The fraction of sp³-hybridized carbons (Fsp3) is 0.714. The van der Waals surface area contributed by atoms with Crippen LogP contribution in [0.4, 0.5) is 0 Å². The van der Waals surface area contributed by atoms with Gasteiger partial charge in [0, 0.05) is 0 Å². The highest BCUT2D eigenvalue weighted by atomic mass is 16.3. The summed E-state index contributed by atoms with van der Waals surface area (Å²) in [5.74, 6) is 0.185. The zero-order valence-electron chi connectivity index (χ0n) is 6.36. The van der Waals surface area contributed by atoms with Crippen molar-refractivity contribution in [2.45, 2.75) is 26.3 Å². The van der Waals surface area contributed by atoms with Gasteiger partial charge in [0.1, 0.15) is 5.76 Å². The first-order valence-corrected chi connectivity index (χ1v) is 3.14. The van der Waals surface area contributed by atoms with E-state index in [1.54, 1.807) is 0 Å². The zero-order valence-corrected chi connectivity index (χ0v) is 6.36. The molecule has 0 radical (unpaired) electrons. The van der Waals surface area contributed by atoms with E-state index in [2.05, 4.69) is 11.9 Å². The third-order valence-corrected chi connectivity index (χ3v) is 1.34. The minimum Gasteiger partial charge on any atom is -0.511 e. The van der Waals surface area contributed by atoms with E-state index in [1.807, 2.05) is 20.8 Å². The number of hydrogen-bond acceptors (Lipinski definition) is 2. The molecule has 0 unspecified atom stereocenters. The van der Waals surface area contributed by atoms with Crippen LogP contribution in [0, 0.1) is 0 Å². The normalized spacial score (nSPS) is 11.4. The summed E-state index contributed by atoms with van der Waals surface area (Å²) >= 11 is 0. The van der Waals surface area contributed by atoms with Gasteiger partial charge in [-0.25, -0.2) is 0 Å². The number of aliphatic hydroxyl groups is 1. The first-order valence-electron chi connectivity index (χ1n) is 3.14. The number of hydrogen-bond donors (Lipinski definition) is 2. The van der Waals surface area contributed by atoms with Gasteiger partial charge in [0.25, 0.3) is 0 Å². The van der Waals surface area contributed by atoms with Crippen LogP contribution in [0.15, 0.2) is 12.3 Å². The molecule has 0 aliphatic rings. The molecule has 0 saturated heterocycles. The zero-order chi connectivity index (χ0) is 7.49. The van der Waals surface area contributed by atoms with E-state index in [0.717, 1.165) is 6.54 Å². The molecule has 0 atom stereocenters. The molecule has 2 heteroatoms. The number of likely N-dealkylation sites (N-methyl/N-ethyl adjacent to an activating group) is 1. The average molecular weight is 129 g/mol. The third kappa shape index (κ3) is 2.51. The Morgan fingerprint density at radius 2 is 2.11 bits per heavy atom. The largest absolute Gasteiger partial charge is 0.511 e. The second-order valence-corrected chi connectivity index (χ2v) is 2.60. The Balaban J connectivity index is 3.85. The third-order valence-electron chi connectivity index (χ3n) is 1.34. The lowest BCUT2D eigenvalue weighted by atomic mass is 10.0. The summed E-state index contributed by atoms with van der Waals surface area (Å²) < 4.78 is 0. The molecule has 0 aromatic carbocycles. The molecule has 0 heterocycles. The van der Waals surface area contributed by atoms with Crippen molar-refractivity contribution < 1.29 is 5.11 Å². The quantitative estimate of drug-likeness (QED) is 0.565. The van der Waals surface area contributed by atoms with Gasteiger partial charge in [-0.2, -0.15) is 0 Å². The van der Waals surface area contributed by atoms with Crippen LogP contribution in [0.1, 0.15) is 20.8 Å². The van der Waals surface area contributed by atoms with E-state index in [4.69, 9.17) is 5.11 Å². The van der Waals surface area contributed by atoms with E-state index < -0.39 is 0 Å². The van der Waals surface area contributed by atoms with E-state index >= 15 is 0 Å². The van der Waals surface area contributed by atoms with Crippen molar-refractivity contribution in [1.82, 2.24) is 5.32 Å². The van der Waals surface area contributed by atoms with E-state index in [9.17, 15) is 0 Å². The van der Waals surface area contributed by atoms with Crippen molar-refractivity contribution in [2.75, 3.05) is 6.54 Å². The predicted molar refractivity (Wildman–Crippen MR) is 39.5 cm³/mol. The standard InChI is InChI=1S/C7H15NO/c1-5-8-7(3,4)6(2)9/h8-9H,2,5H2,1,3-4H3. The van der Waals surface area contributed by atoms with Gasteiger partial charge < -0.3 is 10.4 Å². The molecule has 2 nitrogen and oxygen atoms in total. The van der Waals surface area contributed by atoms with Gasteiger partial charge in [-0.1, -0.05) is 13.5 Å². The topological polar surface area (TPSA) is 32.3 Å². The summed E-state index contributed by atoms with van der Waals surface area (Å²) in [6.07, 6.45) is 0. The first kappa shape index (κ1) is 8.50. The molecule has 0 saturated carbocycles. The summed E-state index contributed by atoms with van der Waals surface area (Å²) in [5.41, 5.74) is -0.339. The van der Waals surface area contributed by atoms with Gasteiger partial charge in [0.15, 0.2) is 0 Å². The fourth-order valence-electron chi connectivity index (χ4n) is 0.544. The van der Waals surface area contributed by atoms with Crippen molar-refractivity contribution in [2.24, 2.45) is 0 Å². The van der Waals surface area contributed by atoms with Crippen molar-refractivity contribution in [1.29, 1.82) is 0 Å². The second-order valence-electron chi connectivity index (χ2n) is 2.60. The van der Waals surface area contributed by atoms with Crippen LogP contribution in [-0.4, -0.2) is 17.2 Å². The molecule has 0 fully saturated rings. The first-order chi connectivity index (χ1) is 4.00. The van der Waals surface area contributed by atoms with Gasteiger partial charge in [-0.05, 0) is 20.4 Å². The molecule has 0 aromatic heterocycles. The highest BCUT2D eigenvalue weighted by Gasteiger charge is 2.18. The van der Waals surface area contributed by atoms with Crippen LogP contribution >= 0.6 is 0 Å². The Morgan fingerprint density at radius 3 is 2.22 bits per heavy atom. The van der Waals surface area contributed by atoms with Crippen LogP contribution < -0.4 is 5.32 Å². The number of aliphatic hydroxyl groups excluding tert-OH is 1. The molecule has 0 bridgehead atoms. The van der Waals surface area contributed by atoms with Crippen molar-refractivity contribution in [3.8, 4) is 0 Å². The molecule has 54 valence electrons. The maximum Gasteiger partial charge on any atom is 0.105 e. The Bertz CT molecular complexity index is 107. The van der Waals surface area contributed by atoms with Crippen LogP contribution in [0.25, 0.3) is 0 Å². The molecular weight excluding hydrogens is 114 g/mol. The fourth-order valence-corrected chi connectivity index (χ4v) is 0.544. The Labute approximate surface area is 56.6 Å². The highest BCUT2D eigenvalue weighted by molar-refractivity contribution is 5.03. The molecule has 0 rings (SSSR count). The van der Waals surface area contributed by atoms with Crippen molar-refractivity contribution in [3.63, 3.8) is 0 Å². The van der Waals surface area contributed by atoms with Crippen molar-refractivity contribution >= 4 is 0 Å². The smallest absolute Gasteiger partial charge is 0.105 e. The lowest BCUT2D eigenvalue weighted by Crippen LogP contribution is -2.40. The lowest BCUT2D eigenvalue weighted by molar-refractivity contribution is 0.287. The number of rotatable bonds is 3. The van der Waals surface area contributed by atoms with Gasteiger partial charge in [0.05, 0.1) is 5.54 Å². The highest BCUT2D eigenvalue weighted by Crippen LogP contribution is 2.08. The lowest BCUT2D eigenvalue weighted by Gasteiger charge is -2.23. The monoisotopic (exact) mass is 129 g/mol.